The van der Waals surface area contributed by atoms with Gasteiger partial charge in [0.15, 0.2) is 5.78 Å². The van der Waals surface area contributed by atoms with Crippen molar-refractivity contribution in [3.8, 4) is 5.69 Å². The second kappa shape index (κ2) is 6.71. The molecule has 0 saturated carbocycles. The maximum absolute atomic E-state index is 12.8. The monoisotopic (exact) mass is 320 g/mol. The second-order valence-electron chi connectivity index (χ2n) is 5.85. The normalized spacial score (nSPS) is 10.8. The first-order chi connectivity index (χ1) is 11.6. The molecule has 2 aromatic carbocycles. The van der Waals surface area contributed by atoms with Gasteiger partial charge in [-0.1, -0.05) is 48.5 Å². The summed E-state index contributed by atoms with van der Waals surface area (Å²) in [6.45, 7) is 1.82. The van der Waals surface area contributed by atoms with E-state index in [9.17, 15) is 9.59 Å². The van der Waals surface area contributed by atoms with E-state index in [0.717, 1.165) is 11.3 Å². The Bertz CT molecular complexity index is 906. The quantitative estimate of drug-likeness (QED) is 0.677. The number of hydrogen-bond donors (Lipinski definition) is 0. The number of hydrogen-bond acceptors (Lipinski definition) is 2. The Morgan fingerprint density at radius 1 is 0.958 bits per heavy atom. The van der Waals surface area contributed by atoms with Crippen molar-refractivity contribution < 1.29 is 4.79 Å². The van der Waals surface area contributed by atoms with Crippen LogP contribution in [0.4, 0.5) is 0 Å². The number of ketones is 1. The standard InChI is InChI=1S/C20H20N2O2/c1-15-19(18(23)14-13-16-9-5-3-6-10-16)20(24)22(21(15)2)17-11-7-4-8-12-17/h3-12H,13-14H2,1-2H3. The number of aryl methyl sites for hydroxylation is 1. The maximum atomic E-state index is 12.8. The van der Waals surface area contributed by atoms with Crippen LogP contribution in [0.1, 0.15) is 28.0 Å². The Morgan fingerprint density at radius 2 is 1.54 bits per heavy atom. The van der Waals surface area contributed by atoms with Gasteiger partial charge in [0.1, 0.15) is 5.56 Å². The molecule has 0 radical (unpaired) electrons. The third-order valence-corrected chi connectivity index (χ3v) is 4.32. The average Bonchev–Trinajstić information content (AvgIpc) is 2.84. The first-order valence-electron chi connectivity index (χ1n) is 8.00. The molecule has 0 spiro atoms. The molecule has 1 heterocycles. The number of nitrogens with zero attached hydrogens (tertiary/aromatic N) is 2. The number of benzene rings is 2. The third kappa shape index (κ3) is 2.95. The van der Waals surface area contributed by atoms with Gasteiger partial charge in [-0.2, -0.15) is 0 Å². The van der Waals surface area contributed by atoms with Crippen molar-refractivity contribution in [3.05, 3.63) is 87.8 Å². The number of para-hydroxylation sites is 1. The number of Topliss-reactive ketones (excluding diaryl/α,β-unsaturated/α-hetero) is 1. The molecule has 0 fully saturated rings. The van der Waals surface area contributed by atoms with Crippen LogP contribution in [-0.2, 0) is 13.5 Å². The minimum atomic E-state index is -0.251. The van der Waals surface area contributed by atoms with Gasteiger partial charge in [-0.15, -0.1) is 0 Å². The molecule has 0 amide bonds. The summed E-state index contributed by atoms with van der Waals surface area (Å²) in [5.41, 5.74) is 2.59. The van der Waals surface area contributed by atoms with Crippen LogP contribution in [0.25, 0.3) is 5.69 Å². The van der Waals surface area contributed by atoms with Gasteiger partial charge in [-0.25, -0.2) is 4.68 Å². The van der Waals surface area contributed by atoms with Crippen LogP contribution in [0.5, 0.6) is 0 Å². The van der Waals surface area contributed by atoms with Crippen LogP contribution in [0, 0.1) is 6.92 Å². The van der Waals surface area contributed by atoms with Crippen LogP contribution in [-0.4, -0.2) is 15.1 Å². The van der Waals surface area contributed by atoms with Crippen molar-refractivity contribution >= 4 is 5.78 Å². The lowest BCUT2D eigenvalue weighted by Crippen LogP contribution is -2.22. The van der Waals surface area contributed by atoms with E-state index >= 15 is 0 Å². The van der Waals surface area contributed by atoms with Gasteiger partial charge in [0.25, 0.3) is 5.56 Å². The van der Waals surface area contributed by atoms with Gasteiger partial charge >= 0.3 is 0 Å². The predicted octanol–water partition coefficient (Wildman–Crippen LogP) is 3.30. The van der Waals surface area contributed by atoms with Gasteiger partial charge in [-0.05, 0) is 31.0 Å². The van der Waals surface area contributed by atoms with Crippen molar-refractivity contribution in [2.24, 2.45) is 7.05 Å². The zero-order chi connectivity index (χ0) is 17.1. The molecule has 0 saturated heterocycles. The molecule has 0 aliphatic carbocycles. The Morgan fingerprint density at radius 3 is 2.17 bits per heavy atom. The van der Waals surface area contributed by atoms with E-state index in [4.69, 9.17) is 0 Å². The molecule has 24 heavy (non-hydrogen) atoms. The van der Waals surface area contributed by atoms with Gasteiger partial charge in [0, 0.05) is 19.2 Å². The van der Waals surface area contributed by atoms with Crippen LogP contribution in [0.15, 0.2) is 65.5 Å². The van der Waals surface area contributed by atoms with E-state index in [1.54, 1.807) is 16.4 Å². The third-order valence-electron chi connectivity index (χ3n) is 4.32. The topological polar surface area (TPSA) is 44.0 Å². The lowest BCUT2D eigenvalue weighted by molar-refractivity contribution is 0.0981. The number of carbonyl (C=O) groups excluding carboxylic acids is 1. The van der Waals surface area contributed by atoms with Crippen molar-refractivity contribution in [3.63, 3.8) is 0 Å². The van der Waals surface area contributed by atoms with Crippen molar-refractivity contribution in [2.45, 2.75) is 19.8 Å². The van der Waals surface area contributed by atoms with E-state index in [-0.39, 0.29) is 16.9 Å². The molecule has 0 atom stereocenters. The second-order valence-corrected chi connectivity index (χ2v) is 5.85. The summed E-state index contributed by atoms with van der Waals surface area (Å²) in [5.74, 6) is -0.105. The molecule has 4 heteroatoms. The fourth-order valence-electron chi connectivity index (χ4n) is 2.92. The minimum Gasteiger partial charge on any atom is -0.294 e. The van der Waals surface area contributed by atoms with Crippen molar-refractivity contribution in [1.82, 2.24) is 9.36 Å². The van der Waals surface area contributed by atoms with Crippen LogP contribution >= 0.6 is 0 Å². The summed E-state index contributed by atoms with van der Waals surface area (Å²) in [6.07, 6.45) is 0.970. The highest BCUT2D eigenvalue weighted by Gasteiger charge is 2.21. The fourth-order valence-corrected chi connectivity index (χ4v) is 2.92. The molecule has 0 bridgehead atoms. The molecule has 1 aromatic heterocycles. The average molecular weight is 320 g/mol. The van der Waals surface area contributed by atoms with Gasteiger partial charge in [-0.3, -0.25) is 14.3 Å². The molecule has 4 nitrogen and oxygen atoms in total. The number of aromatic nitrogens is 2. The molecule has 0 aliphatic rings. The summed E-state index contributed by atoms with van der Waals surface area (Å²) in [7, 11) is 1.80. The first-order valence-corrected chi connectivity index (χ1v) is 8.00. The molecular weight excluding hydrogens is 300 g/mol. The van der Waals surface area contributed by atoms with Crippen molar-refractivity contribution in [2.75, 3.05) is 0 Å². The van der Waals surface area contributed by atoms with E-state index in [2.05, 4.69) is 0 Å². The zero-order valence-electron chi connectivity index (χ0n) is 13.9. The molecular formula is C20H20N2O2. The zero-order valence-corrected chi connectivity index (χ0v) is 13.9. The van der Waals surface area contributed by atoms with Crippen LogP contribution in [0.3, 0.4) is 0 Å². The van der Waals surface area contributed by atoms with E-state index < -0.39 is 0 Å². The van der Waals surface area contributed by atoms with E-state index in [0.29, 0.717) is 18.5 Å². The molecule has 3 aromatic rings. The highest BCUT2D eigenvalue weighted by Crippen LogP contribution is 2.13. The Kier molecular flexibility index (Phi) is 4.47. The molecule has 0 N–H and O–H groups in total. The molecule has 122 valence electrons. The van der Waals surface area contributed by atoms with Gasteiger partial charge < -0.3 is 0 Å². The summed E-state index contributed by atoms with van der Waals surface area (Å²) in [6, 6.07) is 19.2. The predicted molar refractivity (Wildman–Crippen MR) is 94.8 cm³/mol. The summed E-state index contributed by atoms with van der Waals surface area (Å²) < 4.78 is 3.29. The minimum absolute atomic E-state index is 0.105. The van der Waals surface area contributed by atoms with Crippen LogP contribution in [0.2, 0.25) is 0 Å². The SMILES string of the molecule is Cc1c(C(=O)CCc2ccccc2)c(=O)n(-c2ccccc2)n1C. The largest absolute Gasteiger partial charge is 0.294 e. The summed E-state index contributed by atoms with van der Waals surface area (Å²) in [4.78, 5) is 25.4. The van der Waals surface area contributed by atoms with E-state index in [1.165, 1.54) is 0 Å². The Balaban J connectivity index is 1.91. The number of rotatable bonds is 5. The summed E-state index contributed by atoms with van der Waals surface area (Å²) in [5, 5.41) is 0. The smallest absolute Gasteiger partial charge is 0.282 e. The van der Waals surface area contributed by atoms with Gasteiger partial charge in [0.05, 0.1) is 5.69 Å². The first kappa shape index (κ1) is 16.0. The highest BCUT2D eigenvalue weighted by molar-refractivity contribution is 5.97. The Labute approximate surface area is 141 Å². The maximum Gasteiger partial charge on any atom is 0.282 e. The molecule has 3 rings (SSSR count). The highest BCUT2D eigenvalue weighted by atomic mass is 16.2. The van der Waals surface area contributed by atoms with E-state index in [1.807, 2.05) is 67.6 Å². The molecule has 0 unspecified atom stereocenters. The summed E-state index contributed by atoms with van der Waals surface area (Å²) >= 11 is 0. The fraction of sp³-hybridized carbons (Fsp3) is 0.200. The van der Waals surface area contributed by atoms with Crippen molar-refractivity contribution in [1.29, 1.82) is 0 Å². The van der Waals surface area contributed by atoms with Gasteiger partial charge in [0.2, 0.25) is 0 Å². The molecule has 0 aliphatic heterocycles. The van der Waals surface area contributed by atoms with Crippen LogP contribution < -0.4 is 5.56 Å². The number of carbonyl (C=O) groups is 1. The lowest BCUT2D eigenvalue weighted by atomic mass is 10.0. The Hall–Kier alpha value is -2.88. The lowest BCUT2D eigenvalue weighted by Gasteiger charge is -2.07.